The van der Waals surface area contributed by atoms with E-state index in [9.17, 15) is 18.4 Å². The number of amides is 2. The second-order valence-corrected chi connectivity index (χ2v) is 17.5. The first-order valence-electron chi connectivity index (χ1n) is 20.0. The molecule has 3 aromatic rings. The third-order valence-electron chi connectivity index (χ3n) is 10.1. The van der Waals surface area contributed by atoms with Crippen LogP contribution in [0.4, 0.5) is 20.2 Å². The molecule has 58 heavy (non-hydrogen) atoms. The average Bonchev–Trinajstić information content (AvgIpc) is 3.22. The van der Waals surface area contributed by atoms with E-state index in [-0.39, 0.29) is 17.8 Å². The molecule has 1 atom stereocenters. The third-order valence-corrected chi connectivity index (χ3v) is 12.7. The van der Waals surface area contributed by atoms with Crippen LogP contribution in [0.5, 0.6) is 0 Å². The average molecular weight is 832 g/mol. The van der Waals surface area contributed by atoms with Crippen LogP contribution in [0, 0.1) is 5.95 Å². The molecular formula is C46H61F2N6O2S2+. The first-order chi connectivity index (χ1) is 27.9. The van der Waals surface area contributed by atoms with Crippen LogP contribution < -0.4 is 14.4 Å². The molecule has 0 saturated heterocycles. The van der Waals surface area contributed by atoms with E-state index in [1.165, 1.54) is 15.5 Å². The van der Waals surface area contributed by atoms with Crippen LogP contribution in [0.25, 0.3) is 18.2 Å². The molecule has 0 saturated carbocycles. The summed E-state index contributed by atoms with van der Waals surface area (Å²) in [4.78, 5) is 35.0. The summed E-state index contributed by atoms with van der Waals surface area (Å²) in [7, 11) is 14.8. The first kappa shape index (κ1) is 46.1. The lowest BCUT2D eigenvalue weighted by atomic mass is 10.1. The van der Waals surface area contributed by atoms with Gasteiger partial charge in [-0.3, -0.25) is 9.59 Å². The van der Waals surface area contributed by atoms with Gasteiger partial charge in [0.25, 0.3) is 0 Å². The number of allylic oxidation sites excluding steroid dienone is 3. The Labute approximate surface area is 353 Å². The van der Waals surface area contributed by atoms with Crippen LogP contribution in [0.15, 0.2) is 96.9 Å². The van der Waals surface area contributed by atoms with Crippen molar-refractivity contribution in [2.24, 2.45) is 7.05 Å². The fourth-order valence-corrected chi connectivity index (χ4v) is 8.29. The van der Waals surface area contributed by atoms with Gasteiger partial charge in [-0.2, -0.15) is 4.57 Å². The molecule has 1 aliphatic heterocycles. The maximum atomic E-state index is 13.9. The van der Waals surface area contributed by atoms with Crippen molar-refractivity contribution in [2.75, 3.05) is 82.7 Å². The van der Waals surface area contributed by atoms with E-state index in [0.29, 0.717) is 25.9 Å². The summed E-state index contributed by atoms with van der Waals surface area (Å²) in [6.45, 7) is 3.10. The van der Waals surface area contributed by atoms with E-state index >= 15 is 0 Å². The molecule has 2 heterocycles. The molecule has 0 spiro atoms. The highest BCUT2D eigenvalue weighted by atomic mass is 33.1. The second-order valence-electron chi connectivity index (χ2n) is 14.8. The van der Waals surface area contributed by atoms with Crippen molar-refractivity contribution in [2.45, 2.75) is 44.8 Å². The number of rotatable bonds is 23. The number of aryl methyl sites for hydroxylation is 1. The third kappa shape index (κ3) is 16.0. The van der Waals surface area contributed by atoms with Gasteiger partial charge in [-0.15, -0.1) is 4.39 Å². The number of aromatic nitrogens is 1. The molecule has 1 aromatic heterocycles. The standard InChI is InChI=1S/C46H61F2N6O2S2/c1-49(41-21-17-37(18-22-41)13-15-39-25-31-51(3)43(47)35-39)27-9-29-53(5)45(55)11-7-33-57-58-34-8-12-46(56)54(6)30-10-28-50(2)42-23-19-38(20-24-42)14-16-40-26-32-52(4)44(48)36-40/h13-26,31-32,35-36,43H,7-12,27-30,33-34H2,1-6H3/q+1/b15-13+. The summed E-state index contributed by atoms with van der Waals surface area (Å²) in [5, 5.41) is 0. The molecule has 2 aromatic carbocycles. The van der Waals surface area contributed by atoms with Crippen molar-refractivity contribution >= 4 is 63.0 Å². The van der Waals surface area contributed by atoms with Gasteiger partial charge < -0.3 is 24.5 Å². The molecule has 1 unspecified atom stereocenters. The van der Waals surface area contributed by atoms with Crippen LogP contribution in [0.1, 0.15) is 55.2 Å². The van der Waals surface area contributed by atoms with Crippen LogP contribution >= 0.6 is 21.6 Å². The minimum Gasteiger partial charge on any atom is -0.375 e. The van der Waals surface area contributed by atoms with E-state index in [0.717, 1.165) is 83.9 Å². The summed E-state index contributed by atoms with van der Waals surface area (Å²) in [5.74, 6) is 1.90. The molecule has 4 rings (SSSR count). The zero-order chi connectivity index (χ0) is 41.9. The number of carbonyl (C=O) groups excluding carboxylic acids is 2. The molecule has 1 aliphatic rings. The molecule has 2 amide bonds. The quantitative estimate of drug-likeness (QED) is 0.0312. The predicted octanol–water partition coefficient (Wildman–Crippen LogP) is 8.73. The SMILES string of the molecule is CN(CCCN(C)c1ccc(/C=C/C2=CC(F)N(C)C=C2)cc1)C(=O)CCCSSCCCC(=O)N(C)CCCN(C)c1ccc(/C=C/c2cc[n+](C)c(F)c2)cc1. The summed E-state index contributed by atoms with van der Waals surface area (Å²) < 4.78 is 29.1. The Hall–Kier alpha value is -4.55. The molecule has 0 fully saturated rings. The minimum absolute atomic E-state index is 0.177. The number of hydrogen-bond acceptors (Lipinski definition) is 7. The molecule has 0 radical (unpaired) electrons. The van der Waals surface area contributed by atoms with Crippen molar-refractivity contribution in [3.05, 3.63) is 119 Å². The number of likely N-dealkylation sites (N-methyl/N-ethyl adjacent to an activating group) is 1. The van der Waals surface area contributed by atoms with E-state index in [1.54, 1.807) is 54.2 Å². The highest BCUT2D eigenvalue weighted by Gasteiger charge is 2.13. The van der Waals surface area contributed by atoms with Gasteiger partial charge in [0.15, 0.2) is 12.5 Å². The maximum Gasteiger partial charge on any atom is 0.359 e. The van der Waals surface area contributed by atoms with Gasteiger partial charge >= 0.3 is 5.95 Å². The van der Waals surface area contributed by atoms with Gasteiger partial charge in [-0.05, 0) is 84.4 Å². The van der Waals surface area contributed by atoms with Crippen LogP contribution in [-0.4, -0.2) is 106 Å². The Balaban J connectivity index is 0.987. The fraction of sp³-hybridized carbons (Fsp3) is 0.413. The molecular weight excluding hydrogens is 771 g/mol. The summed E-state index contributed by atoms with van der Waals surface area (Å²) in [6, 6.07) is 19.9. The van der Waals surface area contributed by atoms with Gasteiger partial charge in [0.05, 0.1) is 0 Å². The van der Waals surface area contributed by atoms with Crippen LogP contribution in [0.3, 0.4) is 0 Å². The zero-order valence-corrected chi connectivity index (χ0v) is 36.7. The largest absolute Gasteiger partial charge is 0.375 e. The Kier molecular flexibility index (Phi) is 19.4. The van der Waals surface area contributed by atoms with Gasteiger partial charge in [-0.25, -0.2) is 4.39 Å². The van der Waals surface area contributed by atoms with E-state index in [1.807, 2.05) is 60.3 Å². The van der Waals surface area contributed by atoms with Crippen molar-refractivity contribution in [1.29, 1.82) is 0 Å². The van der Waals surface area contributed by atoms with Crippen molar-refractivity contribution in [3.63, 3.8) is 0 Å². The number of benzene rings is 2. The van der Waals surface area contributed by atoms with Gasteiger partial charge in [0.1, 0.15) is 7.05 Å². The number of anilines is 2. The summed E-state index contributed by atoms with van der Waals surface area (Å²) in [6.07, 6.45) is 18.2. The van der Waals surface area contributed by atoms with Crippen molar-refractivity contribution in [1.82, 2.24) is 14.7 Å². The lowest BCUT2D eigenvalue weighted by Gasteiger charge is -2.22. The number of alkyl halides is 1. The van der Waals surface area contributed by atoms with Crippen LogP contribution in [0.2, 0.25) is 0 Å². The Morgan fingerprint density at radius 3 is 1.67 bits per heavy atom. The first-order valence-corrected chi connectivity index (χ1v) is 22.5. The Morgan fingerprint density at radius 2 is 1.19 bits per heavy atom. The molecule has 0 bridgehead atoms. The second kappa shape index (κ2) is 24.4. The summed E-state index contributed by atoms with van der Waals surface area (Å²) in [5.41, 5.74) is 5.99. The Bertz CT molecular complexity index is 1870. The minimum atomic E-state index is -1.10. The molecule has 0 aliphatic carbocycles. The smallest absolute Gasteiger partial charge is 0.359 e. The number of carbonyl (C=O) groups is 2. The predicted molar refractivity (Wildman–Crippen MR) is 243 cm³/mol. The highest BCUT2D eigenvalue weighted by Crippen LogP contribution is 2.24. The number of hydrogen-bond donors (Lipinski definition) is 0. The van der Waals surface area contributed by atoms with E-state index in [4.69, 9.17) is 0 Å². The summed E-state index contributed by atoms with van der Waals surface area (Å²) >= 11 is 0. The molecule has 8 nitrogen and oxygen atoms in total. The zero-order valence-electron chi connectivity index (χ0n) is 35.0. The van der Waals surface area contributed by atoms with E-state index in [2.05, 4.69) is 72.4 Å². The number of pyridine rings is 1. The van der Waals surface area contributed by atoms with Crippen LogP contribution in [-0.2, 0) is 16.6 Å². The lowest BCUT2D eigenvalue weighted by Crippen LogP contribution is -2.32. The maximum absolute atomic E-state index is 13.9. The molecule has 0 N–H and O–H groups in total. The lowest BCUT2D eigenvalue weighted by molar-refractivity contribution is -0.700. The monoisotopic (exact) mass is 831 g/mol. The number of halogens is 2. The van der Waals surface area contributed by atoms with Gasteiger partial charge in [0.2, 0.25) is 11.8 Å². The van der Waals surface area contributed by atoms with Crippen molar-refractivity contribution in [3.8, 4) is 0 Å². The normalized spacial score (nSPS) is 14.0. The highest BCUT2D eigenvalue weighted by molar-refractivity contribution is 8.76. The van der Waals surface area contributed by atoms with Gasteiger partial charge in [-0.1, -0.05) is 70.2 Å². The molecule has 312 valence electrons. The van der Waals surface area contributed by atoms with E-state index < -0.39 is 6.30 Å². The molecule has 12 heteroatoms. The Morgan fingerprint density at radius 1 is 0.707 bits per heavy atom. The van der Waals surface area contributed by atoms with Crippen molar-refractivity contribution < 1.29 is 22.9 Å². The fourth-order valence-electron chi connectivity index (χ4n) is 6.12. The number of nitrogens with zero attached hydrogens (tertiary/aromatic N) is 6. The van der Waals surface area contributed by atoms with Gasteiger partial charge in [0, 0.05) is 115 Å². The topological polar surface area (TPSA) is 54.2 Å².